The highest BCUT2D eigenvalue weighted by Crippen LogP contribution is 2.29. The summed E-state index contributed by atoms with van der Waals surface area (Å²) < 4.78 is 19.4. The maximum Gasteiger partial charge on any atom is 0.170 e. The van der Waals surface area contributed by atoms with E-state index in [0.29, 0.717) is 5.56 Å². The number of hydrogen-bond donors (Lipinski definition) is 2. The molecule has 4 nitrogen and oxygen atoms in total. The summed E-state index contributed by atoms with van der Waals surface area (Å²) in [4.78, 5) is 4.31. The molecule has 1 atom stereocenters. The zero-order valence-corrected chi connectivity index (χ0v) is 11.8. The van der Waals surface area contributed by atoms with Gasteiger partial charge in [0.05, 0.1) is 13.2 Å². The van der Waals surface area contributed by atoms with Crippen LogP contribution in [0.2, 0.25) is 0 Å². The Bertz CT molecular complexity index is 596. The molecule has 0 saturated heterocycles. The number of methoxy groups -OCH3 is 1. The SMILES string of the molecule is COc1cccc(C(NN)c2cc(C)nc(C)c2)c1F. The standard InChI is InChI=1S/C15H18FN3O/c1-9-7-11(8-10(2)18-9)15(19-17)12-5-4-6-13(20-3)14(12)16/h4-8,15,19H,17H2,1-3H3. The highest BCUT2D eigenvalue weighted by molar-refractivity contribution is 5.39. The zero-order chi connectivity index (χ0) is 14.7. The first-order chi connectivity index (χ1) is 9.56. The van der Waals surface area contributed by atoms with Gasteiger partial charge in [0.2, 0.25) is 0 Å². The average Bonchev–Trinajstić information content (AvgIpc) is 2.40. The van der Waals surface area contributed by atoms with Gasteiger partial charge in [0.1, 0.15) is 0 Å². The molecule has 2 aromatic rings. The summed E-state index contributed by atoms with van der Waals surface area (Å²) in [5.74, 6) is 5.41. The molecule has 0 aliphatic heterocycles. The molecule has 0 fully saturated rings. The largest absolute Gasteiger partial charge is 0.494 e. The molecule has 3 N–H and O–H groups in total. The van der Waals surface area contributed by atoms with Gasteiger partial charge in [0.25, 0.3) is 0 Å². The minimum Gasteiger partial charge on any atom is -0.494 e. The third-order valence-corrected chi connectivity index (χ3v) is 3.13. The monoisotopic (exact) mass is 275 g/mol. The minimum atomic E-state index is -0.453. The van der Waals surface area contributed by atoms with Gasteiger partial charge in [-0.25, -0.2) is 9.82 Å². The van der Waals surface area contributed by atoms with Crippen molar-refractivity contribution in [2.75, 3.05) is 7.11 Å². The number of halogens is 1. The summed E-state index contributed by atoms with van der Waals surface area (Å²) in [5.41, 5.74) is 5.69. The number of hydrogen-bond acceptors (Lipinski definition) is 4. The zero-order valence-electron chi connectivity index (χ0n) is 11.8. The van der Waals surface area contributed by atoms with Crippen molar-refractivity contribution in [3.63, 3.8) is 0 Å². The van der Waals surface area contributed by atoms with Crippen LogP contribution in [-0.2, 0) is 0 Å². The fourth-order valence-electron chi connectivity index (χ4n) is 2.31. The lowest BCUT2D eigenvalue weighted by Gasteiger charge is -2.19. The van der Waals surface area contributed by atoms with Crippen LogP contribution in [0.4, 0.5) is 4.39 Å². The van der Waals surface area contributed by atoms with E-state index in [-0.39, 0.29) is 5.75 Å². The average molecular weight is 275 g/mol. The number of hydrazine groups is 1. The maximum absolute atomic E-state index is 14.4. The van der Waals surface area contributed by atoms with E-state index in [2.05, 4.69) is 10.4 Å². The first kappa shape index (κ1) is 14.4. The Morgan fingerprint density at radius 1 is 1.25 bits per heavy atom. The van der Waals surface area contributed by atoms with Crippen molar-refractivity contribution in [3.8, 4) is 5.75 Å². The Morgan fingerprint density at radius 2 is 1.90 bits per heavy atom. The van der Waals surface area contributed by atoms with Crippen molar-refractivity contribution in [1.29, 1.82) is 0 Å². The summed E-state index contributed by atoms with van der Waals surface area (Å²) in [6, 6.07) is 8.32. The summed E-state index contributed by atoms with van der Waals surface area (Å²) in [6.45, 7) is 3.79. The van der Waals surface area contributed by atoms with Crippen molar-refractivity contribution < 1.29 is 9.13 Å². The topological polar surface area (TPSA) is 60.2 Å². The Labute approximate surface area is 117 Å². The van der Waals surface area contributed by atoms with E-state index in [9.17, 15) is 4.39 Å². The number of aromatic nitrogens is 1. The molecule has 20 heavy (non-hydrogen) atoms. The van der Waals surface area contributed by atoms with Gasteiger partial charge in [-0.3, -0.25) is 10.8 Å². The van der Waals surface area contributed by atoms with E-state index < -0.39 is 11.9 Å². The van der Waals surface area contributed by atoms with Crippen LogP contribution in [0.1, 0.15) is 28.6 Å². The molecule has 0 spiro atoms. The van der Waals surface area contributed by atoms with Crippen LogP contribution in [0.3, 0.4) is 0 Å². The number of benzene rings is 1. The highest BCUT2D eigenvalue weighted by atomic mass is 19.1. The van der Waals surface area contributed by atoms with Crippen LogP contribution in [0.25, 0.3) is 0 Å². The molecule has 0 bridgehead atoms. The lowest BCUT2D eigenvalue weighted by atomic mass is 9.98. The minimum absolute atomic E-state index is 0.199. The highest BCUT2D eigenvalue weighted by Gasteiger charge is 2.19. The molecule has 5 heteroatoms. The Hall–Kier alpha value is -1.98. The summed E-state index contributed by atoms with van der Waals surface area (Å²) in [5, 5.41) is 0. The van der Waals surface area contributed by atoms with Gasteiger partial charge in [-0.2, -0.15) is 0 Å². The first-order valence-electron chi connectivity index (χ1n) is 6.30. The number of pyridine rings is 1. The van der Waals surface area contributed by atoms with Crippen LogP contribution in [-0.4, -0.2) is 12.1 Å². The molecular formula is C15H18FN3O. The molecule has 0 radical (unpaired) electrons. The molecule has 0 saturated carbocycles. The van der Waals surface area contributed by atoms with Crippen molar-refractivity contribution in [2.24, 2.45) is 5.84 Å². The third kappa shape index (κ3) is 2.79. The summed E-state index contributed by atoms with van der Waals surface area (Å²) in [7, 11) is 1.44. The number of nitrogens with one attached hydrogen (secondary N) is 1. The van der Waals surface area contributed by atoms with E-state index in [4.69, 9.17) is 10.6 Å². The van der Waals surface area contributed by atoms with Gasteiger partial charge in [0, 0.05) is 17.0 Å². The Kier molecular flexibility index (Phi) is 4.32. The molecule has 1 unspecified atom stereocenters. The van der Waals surface area contributed by atoms with Crippen molar-refractivity contribution in [2.45, 2.75) is 19.9 Å². The van der Waals surface area contributed by atoms with E-state index in [0.717, 1.165) is 17.0 Å². The fraction of sp³-hybridized carbons (Fsp3) is 0.267. The quantitative estimate of drug-likeness (QED) is 0.664. The Morgan fingerprint density at radius 3 is 2.45 bits per heavy atom. The van der Waals surface area contributed by atoms with Crippen molar-refractivity contribution in [1.82, 2.24) is 10.4 Å². The number of aryl methyl sites for hydroxylation is 2. The molecular weight excluding hydrogens is 257 g/mol. The fourth-order valence-corrected chi connectivity index (χ4v) is 2.31. The molecule has 0 amide bonds. The summed E-state index contributed by atoms with van der Waals surface area (Å²) >= 11 is 0. The van der Waals surface area contributed by atoms with E-state index >= 15 is 0 Å². The normalized spacial score (nSPS) is 12.2. The molecule has 106 valence electrons. The lowest BCUT2D eigenvalue weighted by molar-refractivity contribution is 0.381. The molecule has 1 aromatic carbocycles. The molecule has 1 heterocycles. The second-order valence-electron chi connectivity index (χ2n) is 4.65. The first-order valence-corrected chi connectivity index (χ1v) is 6.30. The van der Waals surface area contributed by atoms with Crippen LogP contribution >= 0.6 is 0 Å². The molecule has 0 aliphatic rings. The predicted octanol–water partition coefficient (Wildman–Crippen LogP) is 2.40. The van der Waals surface area contributed by atoms with Crippen LogP contribution in [0.15, 0.2) is 30.3 Å². The second-order valence-corrected chi connectivity index (χ2v) is 4.65. The second kappa shape index (κ2) is 5.98. The van der Waals surface area contributed by atoms with Crippen LogP contribution < -0.4 is 16.0 Å². The molecule has 2 rings (SSSR count). The van der Waals surface area contributed by atoms with Gasteiger partial charge in [-0.1, -0.05) is 12.1 Å². The van der Waals surface area contributed by atoms with E-state index in [1.165, 1.54) is 7.11 Å². The summed E-state index contributed by atoms with van der Waals surface area (Å²) in [6.07, 6.45) is 0. The van der Waals surface area contributed by atoms with Gasteiger partial charge >= 0.3 is 0 Å². The van der Waals surface area contributed by atoms with Crippen molar-refractivity contribution >= 4 is 0 Å². The number of ether oxygens (including phenoxy) is 1. The number of rotatable bonds is 4. The smallest absolute Gasteiger partial charge is 0.170 e. The van der Waals surface area contributed by atoms with Gasteiger partial charge in [0.15, 0.2) is 11.6 Å². The third-order valence-electron chi connectivity index (χ3n) is 3.13. The number of nitrogens with zero attached hydrogens (tertiary/aromatic N) is 1. The van der Waals surface area contributed by atoms with Crippen LogP contribution in [0, 0.1) is 19.7 Å². The van der Waals surface area contributed by atoms with Gasteiger partial charge in [-0.15, -0.1) is 0 Å². The lowest BCUT2D eigenvalue weighted by Crippen LogP contribution is -2.29. The maximum atomic E-state index is 14.4. The van der Waals surface area contributed by atoms with E-state index in [1.807, 2.05) is 26.0 Å². The van der Waals surface area contributed by atoms with E-state index in [1.54, 1.807) is 18.2 Å². The predicted molar refractivity (Wildman–Crippen MR) is 75.8 cm³/mol. The molecule has 1 aromatic heterocycles. The van der Waals surface area contributed by atoms with Crippen molar-refractivity contribution in [3.05, 3.63) is 58.7 Å². The van der Waals surface area contributed by atoms with Gasteiger partial charge < -0.3 is 4.74 Å². The number of nitrogens with two attached hydrogens (primary N) is 1. The van der Waals surface area contributed by atoms with Gasteiger partial charge in [-0.05, 0) is 37.6 Å². The Balaban J connectivity index is 2.52. The van der Waals surface area contributed by atoms with Crippen LogP contribution in [0.5, 0.6) is 5.75 Å². The molecule has 0 aliphatic carbocycles.